The highest BCUT2D eigenvalue weighted by atomic mass is 35.5. The number of hydrogen-bond donors (Lipinski definition) is 0. The maximum atomic E-state index is 13.8. The van der Waals surface area contributed by atoms with Crippen LogP contribution >= 0.6 is 23.7 Å². The van der Waals surface area contributed by atoms with Gasteiger partial charge in [-0.3, -0.25) is 14.6 Å². The molecule has 0 aliphatic carbocycles. The summed E-state index contributed by atoms with van der Waals surface area (Å²) in [5.41, 5.74) is 1.02. The number of benzene rings is 2. The Hall–Kier alpha value is -2.15. The van der Waals surface area contributed by atoms with Gasteiger partial charge in [-0.25, -0.2) is 17.8 Å². The summed E-state index contributed by atoms with van der Waals surface area (Å²) in [5.74, 6) is -0.607. The van der Waals surface area contributed by atoms with Gasteiger partial charge in [0.05, 0.1) is 28.3 Å². The standard InChI is InChI=1S/C27H33FN4O4S2.ClH/c28-22-8-11-24-25(20-22)37-27(29-24)32(15-5-12-30-16-18-36-19-17-30)26(33)21-6-9-23(10-7-21)38(34,35)31-13-3-1-2-4-14-31;/h6-11,20H,1-5,12-19H2;1H. The third-order valence-corrected chi connectivity index (χ3v) is 10.0. The highest BCUT2D eigenvalue weighted by molar-refractivity contribution is 7.89. The maximum Gasteiger partial charge on any atom is 0.260 e. The topological polar surface area (TPSA) is 83.1 Å². The fourth-order valence-corrected chi connectivity index (χ4v) is 7.45. The maximum absolute atomic E-state index is 13.8. The summed E-state index contributed by atoms with van der Waals surface area (Å²) in [5, 5.41) is 0.499. The minimum Gasteiger partial charge on any atom is -0.379 e. The number of nitrogens with zero attached hydrogens (tertiary/aromatic N) is 4. The van der Waals surface area contributed by atoms with Crippen molar-refractivity contribution in [2.24, 2.45) is 0 Å². The van der Waals surface area contributed by atoms with Gasteiger partial charge in [0.2, 0.25) is 10.0 Å². The van der Waals surface area contributed by atoms with Crippen molar-refractivity contribution in [3.63, 3.8) is 0 Å². The molecule has 0 unspecified atom stereocenters. The number of sulfonamides is 1. The van der Waals surface area contributed by atoms with Crippen LogP contribution in [0.5, 0.6) is 0 Å². The fourth-order valence-electron chi connectivity index (χ4n) is 4.92. The van der Waals surface area contributed by atoms with Crippen LogP contribution in [-0.4, -0.2) is 81.0 Å². The predicted octanol–water partition coefficient (Wildman–Crippen LogP) is 4.79. The summed E-state index contributed by atoms with van der Waals surface area (Å²) in [6, 6.07) is 10.6. The summed E-state index contributed by atoms with van der Waals surface area (Å²) in [4.78, 5) is 22.5. The molecule has 5 rings (SSSR count). The first-order chi connectivity index (χ1) is 18.4. The van der Waals surface area contributed by atoms with Gasteiger partial charge in [-0.1, -0.05) is 24.2 Å². The number of fused-ring (bicyclic) bond motifs is 1. The van der Waals surface area contributed by atoms with Gasteiger partial charge in [-0.15, -0.1) is 12.4 Å². The summed E-state index contributed by atoms with van der Waals surface area (Å²) < 4.78 is 47.8. The number of halogens is 2. The molecule has 3 aromatic rings. The molecule has 0 N–H and O–H groups in total. The molecule has 0 spiro atoms. The van der Waals surface area contributed by atoms with Crippen LogP contribution < -0.4 is 4.90 Å². The number of aromatic nitrogens is 1. The second-order valence-electron chi connectivity index (χ2n) is 9.72. The van der Waals surface area contributed by atoms with Gasteiger partial charge in [0.15, 0.2) is 5.13 Å². The minimum atomic E-state index is -3.60. The smallest absolute Gasteiger partial charge is 0.260 e. The van der Waals surface area contributed by atoms with E-state index in [1.165, 1.54) is 35.6 Å². The zero-order valence-electron chi connectivity index (χ0n) is 21.8. The number of thiazole rings is 1. The average Bonchev–Trinajstić information content (AvgIpc) is 3.14. The van der Waals surface area contributed by atoms with Gasteiger partial charge in [0.25, 0.3) is 5.91 Å². The molecule has 2 aliphatic rings. The Morgan fingerprint density at radius 2 is 1.69 bits per heavy atom. The van der Waals surface area contributed by atoms with E-state index in [9.17, 15) is 17.6 Å². The van der Waals surface area contributed by atoms with Gasteiger partial charge in [-0.2, -0.15) is 4.31 Å². The van der Waals surface area contributed by atoms with E-state index >= 15 is 0 Å². The molecule has 1 amide bonds. The lowest BCUT2D eigenvalue weighted by molar-refractivity contribution is 0.0376. The van der Waals surface area contributed by atoms with Gasteiger partial charge in [0.1, 0.15) is 5.82 Å². The van der Waals surface area contributed by atoms with Crippen LogP contribution in [0.15, 0.2) is 47.4 Å². The van der Waals surface area contributed by atoms with E-state index in [0.29, 0.717) is 53.8 Å². The lowest BCUT2D eigenvalue weighted by atomic mass is 10.2. The summed E-state index contributed by atoms with van der Waals surface area (Å²) >= 11 is 1.27. The molecule has 2 saturated heterocycles. The number of hydrogen-bond acceptors (Lipinski definition) is 7. The molecule has 0 bridgehead atoms. The average molecular weight is 597 g/mol. The summed E-state index contributed by atoms with van der Waals surface area (Å²) in [6.45, 7) is 5.45. The third-order valence-electron chi connectivity index (χ3n) is 7.08. The third kappa shape index (κ3) is 7.14. The van der Waals surface area contributed by atoms with E-state index < -0.39 is 10.0 Å². The van der Waals surface area contributed by atoms with Crippen molar-refractivity contribution >= 4 is 55.0 Å². The Labute approximate surface area is 239 Å². The first-order valence-electron chi connectivity index (χ1n) is 13.2. The predicted molar refractivity (Wildman–Crippen MR) is 154 cm³/mol. The molecule has 8 nitrogen and oxygen atoms in total. The molecule has 1 aromatic heterocycles. The Balaban J connectivity index is 0.00000353. The van der Waals surface area contributed by atoms with Crippen LogP contribution in [-0.2, 0) is 14.8 Å². The van der Waals surface area contributed by atoms with E-state index in [4.69, 9.17) is 4.74 Å². The van der Waals surface area contributed by atoms with Crippen LogP contribution in [0.25, 0.3) is 10.2 Å². The molecular formula is C27H34ClFN4O4S2. The van der Waals surface area contributed by atoms with E-state index in [2.05, 4.69) is 9.88 Å². The quantitative estimate of drug-likeness (QED) is 0.372. The molecule has 212 valence electrons. The van der Waals surface area contributed by atoms with Crippen molar-refractivity contribution in [2.75, 3.05) is 57.4 Å². The second-order valence-corrected chi connectivity index (χ2v) is 12.7. The van der Waals surface area contributed by atoms with Crippen LogP contribution in [0.3, 0.4) is 0 Å². The number of carbonyl (C=O) groups excluding carboxylic acids is 1. The monoisotopic (exact) mass is 596 g/mol. The fraction of sp³-hybridized carbons (Fsp3) is 0.481. The number of carbonyl (C=O) groups is 1. The molecule has 0 radical (unpaired) electrons. The highest BCUT2D eigenvalue weighted by Crippen LogP contribution is 2.31. The van der Waals surface area contributed by atoms with Crippen molar-refractivity contribution in [3.8, 4) is 0 Å². The Bertz CT molecular complexity index is 1360. The number of anilines is 1. The van der Waals surface area contributed by atoms with Crippen LogP contribution in [0.2, 0.25) is 0 Å². The minimum absolute atomic E-state index is 0. The number of morpholine rings is 1. The van der Waals surface area contributed by atoms with E-state index in [-0.39, 0.29) is 29.0 Å². The Kier molecular flexibility index (Phi) is 10.3. The van der Waals surface area contributed by atoms with Gasteiger partial charge in [-0.05, 0) is 61.7 Å². The van der Waals surface area contributed by atoms with Crippen molar-refractivity contribution in [2.45, 2.75) is 37.0 Å². The van der Waals surface area contributed by atoms with E-state index in [1.807, 2.05) is 0 Å². The SMILES string of the molecule is Cl.O=C(c1ccc(S(=O)(=O)N2CCCCCC2)cc1)N(CCCN1CCOCC1)c1nc2ccc(F)cc2s1. The Morgan fingerprint density at radius 3 is 2.38 bits per heavy atom. The largest absolute Gasteiger partial charge is 0.379 e. The first-order valence-corrected chi connectivity index (χ1v) is 15.5. The van der Waals surface area contributed by atoms with Crippen molar-refractivity contribution in [1.29, 1.82) is 0 Å². The Morgan fingerprint density at radius 1 is 1.00 bits per heavy atom. The molecule has 2 fully saturated rings. The molecular weight excluding hydrogens is 563 g/mol. The number of amides is 1. The number of rotatable bonds is 8. The van der Waals surface area contributed by atoms with Gasteiger partial charge < -0.3 is 4.74 Å². The second kappa shape index (κ2) is 13.5. The molecule has 2 aliphatic heterocycles. The van der Waals surface area contributed by atoms with Crippen LogP contribution in [0.4, 0.5) is 9.52 Å². The molecule has 2 aromatic carbocycles. The van der Waals surface area contributed by atoms with Gasteiger partial charge >= 0.3 is 0 Å². The lowest BCUT2D eigenvalue weighted by Crippen LogP contribution is -2.39. The van der Waals surface area contributed by atoms with E-state index in [0.717, 1.165) is 51.7 Å². The normalized spacial score (nSPS) is 17.5. The van der Waals surface area contributed by atoms with Crippen LogP contribution in [0, 0.1) is 5.82 Å². The van der Waals surface area contributed by atoms with Crippen LogP contribution in [0.1, 0.15) is 42.5 Å². The summed E-state index contributed by atoms with van der Waals surface area (Å²) in [7, 11) is -3.60. The molecule has 3 heterocycles. The molecule has 12 heteroatoms. The van der Waals surface area contributed by atoms with E-state index in [1.54, 1.807) is 27.4 Å². The molecule has 0 atom stereocenters. The molecule has 39 heavy (non-hydrogen) atoms. The van der Waals surface area contributed by atoms with Gasteiger partial charge in [0, 0.05) is 44.8 Å². The highest BCUT2D eigenvalue weighted by Gasteiger charge is 2.27. The molecule has 0 saturated carbocycles. The number of ether oxygens (including phenoxy) is 1. The zero-order valence-corrected chi connectivity index (χ0v) is 24.2. The summed E-state index contributed by atoms with van der Waals surface area (Å²) in [6.07, 6.45) is 4.54. The first kappa shape index (κ1) is 29.8. The van der Waals surface area contributed by atoms with Crippen molar-refractivity contribution < 1.29 is 22.3 Å². The van der Waals surface area contributed by atoms with Crippen molar-refractivity contribution in [3.05, 3.63) is 53.8 Å². The zero-order chi connectivity index (χ0) is 26.5. The lowest BCUT2D eigenvalue weighted by Gasteiger charge is -2.27. The van der Waals surface area contributed by atoms with Crippen molar-refractivity contribution in [1.82, 2.24) is 14.2 Å².